The topological polar surface area (TPSA) is 29.1 Å². The summed E-state index contributed by atoms with van der Waals surface area (Å²) in [6.45, 7) is 4.27. The molecule has 112 valence electrons. The monoisotopic (exact) mass is 275 g/mol. The Bertz CT molecular complexity index is 361. The second-order valence-corrected chi connectivity index (χ2v) is 5.57. The van der Waals surface area contributed by atoms with Crippen molar-refractivity contribution >= 4 is 5.91 Å². The van der Waals surface area contributed by atoms with Crippen LogP contribution in [0.1, 0.15) is 76.8 Å². The summed E-state index contributed by atoms with van der Waals surface area (Å²) in [4.78, 5) is 11.9. The Morgan fingerprint density at radius 3 is 2.25 bits per heavy atom. The fourth-order valence-corrected chi connectivity index (χ4v) is 2.38. The third-order valence-electron chi connectivity index (χ3n) is 3.68. The minimum atomic E-state index is 0.105. The van der Waals surface area contributed by atoms with Crippen LogP contribution in [0.25, 0.3) is 0 Å². The highest BCUT2D eigenvalue weighted by molar-refractivity contribution is 5.76. The maximum Gasteiger partial charge on any atom is 0.220 e. The van der Waals surface area contributed by atoms with Crippen molar-refractivity contribution in [3.63, 3.8) is 0 Å². The molecule has 2 heteroatoms. The van der Waals surface area contributed by atoms with Gasteiger partial charge in [0.25, 0.3) is 0 Å². The molecule has 0 radical (unpaired) electrons. The summed E-state index contributed by atoms with van der Waals surface area (Å²) in [5.41, 5.74) is 1.17. The molecule has 1 unspecified atom stereocenters. The van der Waals surface area contributed by atoms with Crippen LogP contribution in [0.3, 0.4) is 0 Å². The Labute approximate surface area is 124 Å². The molecule has 1 rings (SSSR count). The highest BCUT2D eigenvalue weighted by atomic mass is 16.1. The van der Waals surface area contributed by atoms with E-state index in [1.54, 1.807) is 0 Å². The number of carbonyl (C=O) groups is 1. The number of unbranched alkanes of at least 4 members (excludes halogenated alkanes) is 6. The molecular formula is C18H29NO. The molecule has 0 aromatic heterocycles. The standard InChI is InChI=1S/C18H29NO/c1-3-4-5-6-7-8-12-15-18(20)19-16(2)17-13-10-9-11-14-17/h9-11,13-14,16H,3-8,12,15H2,1-2H3,(H,19,20). The van der Waals surface area contributed by atoms with E-state index in [-0.39, 0.29) is 11.9 Å². The van der Waals surface area contributed by atoms with E-state index in [0.717, 1.165) is 6.42 Å². The van der Waals surface area contributed by atoms with Crippen LogP contribution in [-0.2, 0) is 4.79 Å². The highest BCUT2D eigenvalue weighted by Crippen LogP contribution is 2.12. The number of rotatable bonds is 10. The molecule has 1 amide bonds. The molecule has 1 aromatic rings. The lowest BCUT2D eigenvalue weighted by Crippen LogP contribution is -2.26. The van der Waals surface area contributed by atoms with Crippen molar-refractivity contribution in [1.29, 1.82) is 0 Å². The fraction of sp³-hybridized carbons (Fsp3) is 0.611. The number of carbonyl (C=O) groups excluding carboxylic acids is 1. The maximum absolute atomic E-state index is 11.9. The molecule has 0 aliphatic rings. The Balaban J connectivity index is 2.08. The molecule has 0 saturated carbocycles. The lowest BCUT2D eigenvalue weighted by atomic mass is 10.1. The molecule has 1 atom stereocenters. The van der Waals surface area contributed by atoms with Gasteiger partial charge in [0.15, 0.2) is 0 Å². The van der Waals surface area contributed by atoms with Gasteiger partial charge in [-0.15, -0.1) is 0 Å². The van der Waals surface area contributed by atoms with Gasteiger partial charge in [-0.1, -0.05) is 75.8 Å². The minimum Gasteiger partial charge on any atom is -0.350 e. The predicted molar refractivity (Wildman–Crippen MR) is 85.6 cm³/mol. The van der Waals surface area contributed by atoms with Gasteiger partial charge < -0.3 is 5.32 Å². The first kappa shape index (κ1) is 16.7. The molecule has 0 bridgehead atoms. The molecule has 1 aromatic carbocycles. The van der Waals surface area contributed by atoms with Crippen molar-refractivity contribution in [2.45, 2.75) is 71.3 Å². The van der Waals surface area contributed by atoms with Crippen molar-refractivity contribution < 1.29 is 4.79 Å². The van der Waals surface area contributed by atoms with E-state index in [1.165, 1.54) is 44.1 Å². The van der Waals surface area contributed by atoms with Crippen LogP contribution in [0.5, 0.6) is 0 Å². The summed E-state index contributed by atoms with van der Waals surface area (Å²) in [6, 6.07) is 10.2. The lowest BCUT2D eigenvalue weighted by Gasteiger charge is -2.14. The van der Waals surface area contributed by atoms with Crippen molar-refractivity contribution in [3.05, 3.63) is 35.9 Å². The van der Waals surface area contributed by atoms with E-state index in [2.05, 4.69) is 24.4 Å². The minimum absolute atomic E-state index is 0.105. The van der Waals surface area contributed by atoms with Crippen molar-refractivity contribution in [3.8, 4) is 0 Å². The van der Waals surface area contributed by atoms with Crippen LogP contribution >= 0.6 is 0 Å². The highest BCUT2D eigenvalue weighted by Gasteiger charge is 2.08. The van der Waals surface area contributed by atoms with Gasteiger partial charge >= 0.3 is 0 Å². The van der Waals surface area contributed by atoms with Crippen molar-refractivity contribution in [1.82, 2.24) is 5.32 Å². The number of hydrogen-bond donors (Lipinski definition) is 1. The Morgan fingerprint density at radius 1 is 1.00 bits per heavy atom. The number of nitrogens with one attached hydrogen (secondary N) is 1. The maximum atomic E-state index is 11.9. The van der Waals surface area contributed by atoms with E-state index in [9.17, 15) is 4.79 Å². The van der Waals surface area contributed by atoms with Gasteiger partial charge in [-0.25, -0.2) is 0 Å². The smallest absolute Gasteiger partial charge is 0.220 e. The Kier molecular flexibility index (Phi) is 8.77. The van der Waals surface area contributed by atoms with Gasteiger partial charge in [-0.3, -0.25) is 4.79 Å². The molecule has 1 N–H and O–H groups in total. The predicted octanol–water partition coefficient (Wildman–Crippen LogP) is 5.00. The third-order valence-corrected chi connectivity index (χ3v) is 3.68. The van der Waals surface area contributed by atoms with E-state index in [4.69, 9.17) is 0 Å². The summed E-state index contributed by atoms with van der Waals surface area (Å²) in [5.74, 6) is 0.176. The first-order valence-corrected chi connectivity index (χ1v) is 8.08. The van der Waals surface area contributed by atoms with Gasteiger partial charge in [0.1, 0.15) is 0 Å². The van der Waals surface area contributed by atoms with Crippen LogP contribution in [0.2, 0.25) is 0 Å². The largest absolute Gasteiger partial charge is 0.350 e. The van der Waals surface area contributed by atoms with Gasteiger partial charge in [0, 0.05) is 6.42 Å². The third kappa shape index (κ3) is 7.32. The van der Waals surface area contributed by atoms with Gasteiger partial charge in [-0.2, -0.15) is 0 Å². The Hall–Kier alpha value is -1.31. The van der Waals surface area contributed by atoms with Gasteiger partial charge in [-0.05, 0) is 18.9 Å². The zero-order valence-electron chi connectivity index (χ0n) is 13.0. The molecule has 0 spiro atoms. The zero-order valence-corrected chi connectivity index (χ0v) is 13.0. The molecule has 0 heterocycles. The van der Waals surface area contributed by atoms with Crippen LogP contribution in [0.4, 0.5) is 0 Å². The molecule has 2 nitrogen and oxygen atoms in total. The summed E-state index contributed by atoms with van der Waals surface area (Å²) in [7, 11) is 0. The summed E-state index contributed by atoms with van der Waals surface area (Å²) >= 11 is 0. The molecule has 0 aliphatic heterocycles. The van der Waals surface area contributed by atoms with E-state index in [0.29, 0.717) is 6.42 Å². The first-order chi connectivity index (χ1) is 9.74. The van der Waals surface area contributed by atoms with E-state index < -0.39 is 0 Å². The molecule has 0 saturated heterocycles. The molecule has 0 aliphatic carbocycles. The molecule has 20 heavy (non-hydrogen) atoms. The Morgan fingerprint density at radius 2 is 1.60 bits per heavy atom. The average Bonchev–Trinajstić information content (AvgIpc) is 2.47. The van der Waals surface area contributed by atoms with Crippen LogP contribution < -0.4 is 5.32 Å². The van der Waals surface area contributed by atoms with Crippen LogP contribution in [0, 0.1) is 0 Å². The van der Waals surface area contributed by atoms with Crippen molar-refractivity contribution in [2.24, 2.45) is 0 Å². The lowest BCUT2D eigenvalue weighted by molar-refractivity contribution is -0.121. The molecular weight excluding hydrogens is 246 g/mol. The van der Waals surface area contributed by atoms with Crippen LogP contribution in [-0.4, -0.2) is 5.91 Å². The van der Waals surface area contributed by atoms with Crippen molar-refractivity contribution in [2.75, 3.05) is 0 Å². The van der Waals surface area contributed by atoms with E-state index >= 15 is 0 Å². The molecule has 0 fully saturated rings. The second kappa shape index (κ2) is 10.5. The summed E-state index contributed by atoms with van der Waals surface area (Å²) in [5, 5.41) is 3.07. The quantitative estimate of drug-likeness (QED) is 0.598. The zero-order chi connectivity index (χ0) is 14.6. The van der Waals surface area contributed by atoms with Gasteiger partial charge in [0.05, 0.1) is 6.04 Å². The second-order valence-electron chi connectivity index (χ2n) is 5.57. The van der Waals surface area contributed by atoms with E-state index in [1.807, 2.05) is 25.1 Å². The fourth-order valence-electron chi connectivity index (χ4n) is 2.38. The number of benzene rings is 1. The summed E-state index contributed by atoms with van der Waals surface area (Å²) < 4.78 is 0. The summed E-state index contributed by atoms with van der Waals surface area (Å²) in [6.07, 6.45) is 9.40. The van der Waals surface area contributed by atoms with Crippen LogP contribution in [0.15, 0.2) is 30.3 Å². The number of amides is 1. The number of hydrogen-bond acceptors (Lipinski definition) is 1. The van der Waals surface area contributed by atoms with Gasteiger partial charge in [0.2, 0.25) is 5.91 Å². The first-order valence-electron chi connectivity index (χ1n) is 8.08. The normalized spacial score (nSPS) is 12.1. The SMILES string of the molecule is CCCCCCCCCC(=O)NC(C)c1ccccc1. The average molecular weight is 275 g/mol.